The van der Waals surface area contributed by atoms with Gasteiger partial charge in [0.1, 0.15) is 0 Å². The first-order valence-electron chi connectivity index (χ1n) is 7.07. The molecule has 1 unspecified atom stereocenters. The van der Waals surface area contributed by atoms with E-state index in [1.807, 2.05) is 13.8 Å². The van der Waals surface area contributed by atoms with Crippen molar-refractivity contribution in [2.24, 2.45) is 23.5 Å². The molecule has 0 aromatic heterocycles. The van der Waals surface area contributed by atoms with Crippen molar-refractivity contribution in [2.75, 3.05) is 6.54 Å². The third kappa shape index (κ3) is 4.66. The summed E-state index contributed by atoms with van der Waals surface area (Å²) in [4.78, 5) is 11.7. The van der Waals surface area contributed by atoms with Gasteiger partial charge in [0, 0.05) is 6.54 Å². The molecular weight excluding hydrogens is 212 g/mol. The number of rotatable bonds is 5. The number of nitrogens with one attached hydrogen (secondary N) is 1. The van der Waals surface area contributed by atoms with Crippen LogP contribution >= 0.6 is 0 Å². The summed E-state index contributed by atoms with van der Waals surface area (Å²) < 4.78 is 0. The Bertz CT molecular complexity index is 232. The Morgan fingerprint density at radius 3 is 2.24 bits per heavy atom. The predicted molar refractivity (Wildman–Crippen MR) is 71.6 cm³/mol. The Morgan fingerprint density at radius 1 is 1.24 bits per heavy atom. The van der Waals surface area contributed by atoms with E-state index in [1.54, 1.807) is 0 Å². The number of amides is 1. The van der Waals surface area contributed by atoms with Gasteiger partial charge in [0.25, 0.3) is 0 Å². The van der Waals surface area contributed by atoms with Gasteiger partial charge in [-0.1, -0.05) is 40.0 Å². The first kappa shape index (κ1) is 14.5. The van der Waals surface area contributed by atoms with Gasteiger partial charge >= 0.3 is 0 Å². The zero-order valence-electron chi connectivity index (χ0n) is 11.5. The second-order valence-corrected chi connectivity index (χ2v) is 5.81. The van der Waals surface area contributed by atoms with E-state index in [1.165, 1.54) is 32.1 Å². The first-order chi connectivity index (χ1) is 8.04. The highest BCUT2D eigenvalue weighted by molar-refractivity contribution is 5.81. The molecule has 1 fully saturated rings. The number of hydrogen-bond donors (Lipinski definition) is 2. The molecule has 0 spiro atoms. The van der Waals surface area contributed by atoms with E-state index in [0.717, 1.165) is 12.5 Å². The molecule has 0 bridgehead atoms. The molecule has 0 aromatic carbocycles. The lowest BCUT2D eigenvalue weighted by Gasteiger charge is -2.28. The van der Waals surface area contributed by atoms with Crippen LogP contribution in [0.4, 0.5) is 0 Å². The highest BCUT2D eigenvalue weighted by Crippen LogP contribution is 2.30. The Balaban J connectivity index is 2.21. The third-order valence-corrected chi connectivity index (χ3v) is 4.13. The van der Waals surface area contributed by atoms with Crippen molar-refractivity contribution in [1.29, 1.82) is 0 Å². The third-order valence-electron chi connectivity index (χ3n) is 4.13. The molecule has 17 heavy (non-hydrogen) atoms. The van der Waals surface area contributed by atoms with Crippen molar-refractivity contribution in [3.05, 3.63) is 0 Å². The van der Waals surface area contributed by atoms with E-state index in [9.17, 15) is 4.79 Å². The highest BCUT2D eigenvalue weighted by atomic mass is 16.2. The summed E-state index contributed by atoms with van der Waals surface area (Å²) in [6.45, 7) is 7.05. The molecule has 100 valence electrons. The lowest BCUT2D eigenvalue weighted by atomic mass is 9.81. The van der Waals surface area contributed by atoms with Crippen LogP contribution in [0.3, 0.4) is 0 Å². The molecule has 3 N–H and O–H groups in total. The van der Waals surface area contributed by atoms with Gasteiger partial charge in [0.2, 0.25) is 5.91 Å². The average Bonchev–Trinajstić information content (AvgIpc) is 2.35. The van der Waals surface area contributed by atoms with Crippen LogP contribution in [0.2, 0.25) is 0 Å². The molecule has 3 nitrogen and oxygen atoms in total. The minimum absolute atomic E-state index is 0.0117. The Hall–Kier alpha value is -0.570. The molecule has 0 saturated heterocycles. The Morgan fingerprint density at radius 2 is 1.76 bits per heavy atom. The summed E-state index contributed by atoms with van der Waals surface area (Å²) >= 11 is 0. The molecule has 0 heterocycles. The summed E-state index contributed by atoms with van der Waals surface area (Å²) in [5.74, 6) is 1.81. The molecule has 1 aliphatic rings. The van der Waals surface area contributed by atoms with Crippen molar-refractivity contribution in [1.82, 2.24) is 5.32 Å². The molecule has 1 aliphatic carbocycles. The van der Waals surface area contributed by atoms with Crippen molar-refractivity contribution in [3.8, 4) is 0 Å². The largest absolute Gasteiger partial charge is 0.354 e. The topological polar surface area (TPSA) is 55.1 Å². The van der Waals surface area contributed by atoms with Gasteiger partial charge in [-0.25, -0.2) is 0 Å². The summed E-state index contributed by atoms with van der Waals surface area (Å²) in [6, 6.07) is -0.359. The lowest BCUT2D eigenvalue weighted by Crippen LogP contribution is -2.45. The molecule has 0 radical (unpaired) electrons. The van der Waals surface area contributed by atoms with Crippen molar-refractivity contribution >= 4 is 5.91 Å². The molecule has 0 aromatic rings. The SMILES string of the molecule is CCC1CCC(CNC(=O)C(N)C(C)C)CC1. The fourth-order valence-corrected chi connectivity index (χ4v) is 2.51. The van der Waals surface area contributed by atoms with E-state index >= 15 is 0 Å². The quantitative estimate of drug-likeness (QED) is 0.774. The van der Waals surface area contributed by atoms with Crippen LogP contribution in [0, 0.1) is 17.8 Å². The van der Waals surface area contributed by atoms with Gasteiger partial charge in [-0.05, 0) is 30.6 Å². The van der Waals surface area contributed by atoms with Crippen LogP contribution in [-0.2, 0) is 4.79 Å². The van der Waals surface area contributed by atoms with E-state index in [-0.39, 0.29) is 17.9 Å². The van der Waals surface area contributed by atoms with Crippen LogP contribution in [0.25, 0.3) is 0 Å². The van der Waals surface area contributed by atoms with Crippen LogP contribution in [-0.4, -0.2) is 18.5 Å². The van der Waals surface area contributed by atoms with E-state index in [0.29, 0.717) is 5.92 Å². The van der Waals surface area contributed by atoms with Gasteiger partial charge in [-0.2, -0.15) is 0 Å². The van der Waals surface area contributed by atoms with Crippen molar-refractivity contribution in [2.45, 2.75) is 58.9 Å². The number of nitrogens with two attached hydrogens (primary N) is 1. The standard InChI is InChI=1S/C14H28N2O/c1-4-11-5-7-12(8-6-11)9-16-14(17)13(15)10(2)3/h10-13H,4-9,15H2,1-3H3,(H,16,17). The predicted octanol–water partition coefficient (Wildman–Crippen LogP) is 2.30. The minimum atomic E-state index is -0.359. The molecule has 1 rings (SSSR count). The summed E-state index contributed by atoms with van der Waals surface area (Å²) in [5.41, 5.74) is 5.81. The van der Waals surface area contributed by atoms with Crippen LogP contribution in [0.15, 0.2) is 0 Å². The minimum Gasteiger partial charge on any atom is -0.354 e. The Kier molecular flexibility index (Phi) is 5.96. The van der Waals surface area contributed by atoms with Crippen LogP contribution in [0.1, 0.15) is 52.9 Å². The zero-order chi connectivity index (χ0) is 12.8. The molecule has 3 heteroatoms. The molecule has 0 aliphatic heterocycles. The smallest absolute Gasteiger partial charge is 0.237 e. The summed E-state index contributed by atoms with van der Waals surface area (Å²) in [6.07, 6.45) is 6.48. The molecular formula is C14H28N2O. The average molecular weight is 240 g/mol. The van der Waals surface area contributed by atoms with E-state index in [2.05, 4.69) is 12.2 Å². The van der Waals surface area contributed by atoms with Crippen molar-refractivity contribution in [3.63, 3.8) is 0 Å². The number of carbonyl (C=O) groups is 1. The lowest BCUT2D eigenvalue weighted by molar-refractivity contribution is -0.123. The van der Waals surface area contributed by atoms with E-state index < -0.39 is 0 Å². The first-order valence-corrected chi connectivity index (χ1v) is 7.07. The van der Waals surface area contributed by atoms with Gasteiger partial charge in [0.15, 0.2) is 0 Å². The van der Waals surface area contributed by atoms with Gasteiger partial charge < -0.3 is 11.1 Å². The summed E-state index contributed by atoms with van der Waals surface area (Å²) in [7, 11) is 0. The number of hydrogen-bond acceptors (Lipinski definition) is 2. The van der Waals surface area contributed by atoms with Crippen molar-refractivity contribution < 1.29 is 4.79 Å². The summed E-state index contributed by atoms with van der Waals surface area (Å²) in [5, 5.41) is 3.00. The van der Waals surface area contributed by atoms with E-state index in [4.69, 9.17) is 5.73 Å². The fraction of sp³-hybridized carbons (Fsp3) is 0.929. The van der Waals surface area contributed by atoms with Gasteiger partial charge in [-0.3, -0.25) is 4.79 Å². The maximum absolute atomic E-state index is 11.7. The number of carbonyl (C=O) groups excluding carboxylic acids is 1. The highest BCUT2D eigenvalue weighted by Gasteiger charge is 2.22. The fourth-order valence-electron chi connectivity index (χ4n) is 2.51. The maximum Gasteiger partial charge on any atom is 0.237 e. The zero-order valence-corrected chi connectivity index (χ0v) is 11.5. The van der Waals surface area contributed by atoms with Crippen LogP contribution < -0.4 is 11.1 Å². The second kappa shape index (κ2) is 7.00. The molecule has 1 atom stereocenters. The van der Waals surface area contributed by atoms with Gasteiger partial charge in [0.05, 0.1) is 6.04 Å². The normalized spacial score (nSPS) is 26.9. The molecule has 1 saturated carbocycles. The second-order valence-electron chi connectivity index (χ2n) is 5.81. The monoisotopic (exact) mass is 240 g/mol. The molecule has 1 amide bonds. The van der Waals surface area contributed by atoms with Gasteiger partial charge in [-0.15, -0.1) is 0 Å². The Labute approximate surface area is 106 Å². The maximum atomic E-state index is 11.7. The van der Waals surface area contributed by atoms with Crippen LogP contribution in [0.5, 0.6) is 0 Å².